The maximum absolute atomic E-state index is 11.7. The molecule has 2 atom stereocenters. The van der Waals surface area contributed by atoms with Crippen molar-refractivity contribution in [2.45, 2.75) is 47.0 Å². The minimum atomic E-state index is -3.03. The molecule has 4 nitrogen and oxygen atoms in total. The van der Waals surface area contributed by atoms with Crippen LogP contribution in [0, 0.1) is 17.3 Å². The molecule has 1 heterocycles. The summed E-state index contributed by atoms with van der Waals surface area (Å²) >= 11 is 0. The number of nitrogens with one attached hydrogen (secondary N) is 1. The van der Waals surface area contributed by atoms with Crippen LogP contribution >= 0.6 is 0 Å². The second kappa shape index (κ2) is 7.23. The molecule has 0 bridgehead atoms. The van der Waals surface area contributed by atoms with Crippen LogP contribution in [0.3, 0.4) is 0 Å². The van der Waals surface area contributed by atoms with E-state index in [9.17, 15) is 8.42 Å². The monoisotopic (exact) mass is 304 g/mol. The van der Waals surface area contributed by atoms with Gasteiger partial charge in [0.1, 0.15) is 0 Å². The van der Waals surface area contributed by atoms with Crippen molar-refractivity contribution in [2.24, 2.45) is 17.3 Å². The molecule has 20 heavy (non-hydrogen) atoms. The van der Waals surface area contributed by atoms with Crippen molar-refractivity contribution in [3.63, 3.8) is 0 Å². The summed E-state index contributed by atoms with van der Waals surface area (Å²) in [6, 6.07) is 0. The van der Waals surface area contributed by atoms with E-state index < -0.39 is 10.0 Å². The largest absolute Gasteiger partial charge is 0.317 e. The maximum atomic E-state index is 11.7. The highest BCUT2D eigenvalue weighted by Gasteiger charge is 2.31. The first-order chi connectivity index (χ1) is 9.14. The Morgan fingerprint density at radius 3 is 2.50 bits per heavy atom. The minimum absolute atomic E-state index is 0.259. The van der Waals surface area contributed by atoms with Crippen LogP contribution in [0.25, 0.3) is 0 Å². The Morgan fingerprint density at radius 1 is 1.35 bits per heavy atom. The first-order valence-electron chi connectivity index (χ1n) is 7.80. The van der Waals surface area contributed by atoms with Crippen LogP contribution in [-0.4, -0.2) is 45.2 Å². The Hall–Kier alpha value is -0.130. The van der Waals surface area contributed by atoms with E-state index in [-0.39, 0.29) is 5.41 Å². The molecule has 0 aliphatic carbocycles. The lowest BCUT2D eigenvalue weighted by molar-refractivity contribution is 0.157. The van der Waals surface area contributed by atoms with Crippen LogP contribution in [0.4, 0.5) is 0 Å². The first kappa shape index (κ1) is 17.9. The van der Waals surface area contributed by atoms with Crippen molar-refractivity contribution >= 4 is 10.0 Å². The molecule has 0 aromatic rings. The summed E-state index contributed by atoms with van der Waals surface area (Å²) in [5, 5.41) is 3.45. The van der Waals surface area contributed by atoms with Crippen LogP contribution in [0.5, 0.6) is 0 Å². The SMILES string of the molecule is CCNCC(CC1CCCN(S(C)(=O)=O)C1)C(C)(C)C. The highest BCUT2D eigenvalue weighted by molar-refractivity contribution is 7.88. The molecule has 0 amide bonds. The summed E-state index contributed by atoms with van der Waals surface area (Å²) < 4.78 is 25.1. The smallest absolute Gasteiger partial charge is 0.211 e. The molecule has 0 aromatic carbocycles. The summed E-state index contributed by atoms with van der Waals surface area (Å²) in [5.41, 5.74) is 0.259. The predicted molar refractivity (Wildman–Crippen MR) is 85.2 cm³/mol. The third-order valence-electron chi connectivity index (χ3n) is 4.43. The van der Waals surface area contributed by atoms with Crippen LogP contribution in [0.15, 0.2) is 0 Å². The van der Waals surface area contributed by atoms with Gasteiger partial charge in [-0.3, -0.25) is 0 Å². The quantitative estimate of drug-likeness (QED) is 0.819. The summed E-state index contributed by atoms with van der Waals surface area (Å²) in [7, 11) is -3.03. The predicted octanol–water partition coefficient (Wildman–Crippen LogP) is 2.32. The van der Waals surface area contributed by atoms with Crippen molar-refractivity contribution in [2.75, 3.05) is 32.4 Å². The fourth-order valence-electron chi connectivity index (χ4n) is 2.98. The Balaban J connectivity index is 2.64. The van der Waals surface area contributed by atoms with Gasteiger partial charge in [0, 0.05) is 13.1 Å². The summed E-state index contributed by atoms with van der Waals surface area (Å²) in [6.45, 7) is 12.4. The zero-order valence-electron chi connectivity index (χ0n) is 13.8. The molecule has 0 radical (unpaired) electrons. The zero-order valence-corrected chi connectivity index (χ0v) is 14.6. The van der Waals surface area contributed by atoms with E-state index in [1.807, 2.05) is 0 Å². The summed E-state index contributed by atoms with van der Waals surface area (Å²) in [4.78, 5) is 0. The van der Waals surface area contributed by atoms with Gasteiger partial charge in [0.25, 0.3) is 0 Å². The lowest BCUT2D eigenvalue weighted by Gasteiger charge is -2.37. The van der Waals surface area contributed by atoms with Crippen LogP contribution in [-0.2, 0) is 10.0 Å². The second-order valence-electron chi connectivity index (χ2n) is 7.24. The highest BCUT2D eigenvalue weighted by Crippen LogP contribution is 2.34. The average molecular weight is 305 g/mol. The van der Waals surface area contributed by atoms with Gasteiger partial charge in [-0.2, -0.15) is 0 Å². The first-order valence-corrected chi connectivity index (χ1v) is 9.65. The van der Waals surface area contributed by atoms with Crippen LogP contribution in [0.1, 0.15) is 47.0 Å². The molecule has 1 N–H and O–H groups in total. The number of piperidine rings is 1. The maximum Gasteiger partial charge on any atom is 0.211 e. The average Bonchev–Trinajstić information content (AvgIpc) is 2.32. The van der Waals surface area contributed by atoms with Crippen molar-refractivity contribution in [1.82, 2.24) is 9.62 Å². The van der Waals surface area contributed by atoms with Gasteiger partial charge in [0.15, 0.2) is 0 Å². The van der Waals surface area contributed by atoms with Crippen LogP contribution < -0.4 is 5.32 Å². The highest BCUT2D eigenvalue weighted by atomic mass is 32.2. The minimum Gasteiger partial charge on any atom is -0.317 e. The number of sulfonamides is 1. The van der Waals surface area contributed by atoms with E-state index in [1.54, 1.807) is 4.31 Å². The Labute approximate surface area is 125 Å². The fourth-order valence-corrected chi connectivity index (χ4v) is 3.93. The molecule has 1 aliphatic heterocycles. The van der Waals surface area contributed by atoms with Crippen molar-refractivity contribution in [1.29, 1.82) is 0 Å². The Morgan fingerprint density at radius 2 is 2.00 bits per heavy atom. The molecule has 0 spiro atoms. The van der Waals surface area contributed by atoms with E-state index in [1.165, 1.54) is 6.26 Å². The van der Waals surface area contributed by atoms with Gasteiger partial charge >= 0.3 is 0 Å². The molecule has 2 unspecified atom stereocenters. The van der Waals surface area contributed by atoms with E-state index in [0.717, 1.165) is 32.4 Å². The second-order valence-corrected chi connectivity index (χ2v) is 9.22. The number of hydrogen-bond donors (Lipinski definition) is 1. The summed E-state index contributed by atoms with van der Waals surface area (Å²) in [6.07, 6.45) is 4.60. The van der Waals surface area contributed by atoms with Gasteiger partial charge in [0.05, 0.1) is 6.26 Å². The van der Waals surface area contributed by atoms with E-state index in [4.69, 9.17) is 0 Å². The molecule has 1 rings (SSSR count). The van der Waals surface area contributed by atoms with Gasteiger partial charge in [-0.05, 0) is 49.6 Å². The van der Waals surface area contributed by atoms with Crippen molar-refractivity contribution in [3.8, 4) is 0 Å². The number of hydrogen-bond acceptors (Lipinski definition) is 3. The molecule has 0 saturated carbocycles. The van der Waals surface area contributed by atoms with Gasteiger partial charge in [-0.15, -0.1) is 0 Å². The van der Waals surface area contributed by atoms with Gasteiger partial charge < -0.3 is 5.32 Å². The standard InChI is InChI=1S/C15H32N2O2S/c1-6-16-11-14(15(2,3)4)10-13-8-7-9-17(12-13)20(5,18)19/h13-14,16H,6-12H2,1-5H3. The van der Waals surface area contributed by atoms with Crippen LogP contribution in [0.2, 0.25) is 0 Å². The molecular formula is C15H32N2O2S. The molecule has 1 aliphatic rings. The molecule has 5 heteroatoms. The van der Waals surface area contributed by atoms with E-state index in [0.29, 0.717) is 24.9 Å². The molecule has 1 saturated heterocycles. The third kappa shape index (κ3) is 5.70. The topological polar surface area (TPSA) is 49.4 Å². The zero-order chi connectivity index (χ0) is 15.4. The van der Waals surface area contributed by atoms with Crippen molar-refractivity contribution < 1.29 is 8.42 Å². The number of nitrogens with zero attached hydrogens (tertiary/aromatic N) is 1. The van der Waals surface area contributed by atoms with Crippen molar-refractivity contribution in [3.05, 3.63) is 0 Å². The van der Waals surface area contributed by atoms with E-state index >= 15 is 0 Å². The van der Waals surface area contributed by atoms with Gasteiger partial charge in [-0.25, -0.2) is 12.7 Å². The van der Waals surface area contributed by atoms with E-state index in [2.05, 4.69) is 33.0 Å². The third-order valence-corrected chi connectivity index (χ3v) is 5.70. The lowest BCUT2D eigenvalue weighted by atomic mass is 9.74. The normalized spacial score (nSPS) is 23.8. The van der Waals surface area contributed by atoms with Gasteiger partial charge in [0.2, 0.25) is 10.0 Å². The molecule has 120 valence electrons. The van der Waals surface area contributed by atoms with Gasteiger partial charge in [-0.1, -0.05) is 27.7 Å². The Kier molecular flexibility index (Phi) is 6.48. The lowest BCUT2D eigenvalue weighted by Crippen LogP contribution is -2.41. The molecular weight excluding hydrogens is 272 g/mol. The summed E-state index contributed by atoms with van der Waals surface area (Å²) in [5.74, 6) is 1.09. The fraction of sp³-hybridized carbons (Fsp3) is 1.00. The molecule has 1 fully saturated rings. The Bertz CT molecular complexity index is 387. The molecule has 0 aromatic heterocycles. The number of rotatable bonds is 6.